The summed E-state index contributed by atoms with van der Waals surface area (Å²) in [4.78, 5) is 0. The minimum atomic E-state index is 0. The van der Waals surface area contributed by atoms with Crippen LogP contribution < -0.4 is 0 Å². The molecule has 0 bridgehead atoms. The Labute approximate surface area is 190 Å². The van der Waals surface area contributed by atoms with E-state index in [4.69, 9.17) is 0 Å². The standard InChI is InChI=1S/2Ce.3O.2Ti.2Zr/q2*+3;3*-2;;;;. The van der Waals surface area contributed by atoms with Crippen LogP contribution in [0.5, 0.6) is 0 Å². The first kappa shape index (κ1) is 83.5. The fourth-order valence-corrected chi connectivity index (χ4v) is 0. The molecule has 9 heavy (non-hydrogen) atoms. The third kappa shape index (κ3) is 57.0. The van der Waals surface area contributed by atoms with Gasteiger partial charge >= 0.3 is 83.5 Å². The van der Waals surface area contributed by atoms with Crippen molar-refractivity contribution >= 4 is 0 Å². The molecule has 0 fully saturated rings. The Morgan fingerprint density at radius 2 is 0.444 bits per heavy atom. The molecule has 0 spiro atoms. The van der Waals surface area contributed by atoms with Gasteiger partial charge in [0.25, 0.3) is 0 Å². The topological polar surface area (TPSA) is 85.5 Å². The smallest absolute Gasteiger partial charge is 2.00 e. The summed E-state index contributed by atoms with van der Waals surface area (Å²) >= 11 is 0. The molecule has 0 aliphatic heterocycles. The van der Waals surface area contributed by atoms with Crippen molar-refractivity contribution in [1.82, 2.24) is 0 Å². The van der Waals surface area contributed by atoms with Crippen molar-refractivity contribution < 1.29 is 196 Å². The van der Waals surface area contributed by atoms with Gasteiger partial charge in [-0.1, -0.05) is 0 Å². The zero-order valence-electron chi connectivity index (χ0n) is 4.22. The minimum absolute atomic E-state index is 0. The molecule has 0 aromatic heterocycles. The molecule has 0 aromatic carbocycles. The Bertz CT molecular complexity index is 17.8. The van der Waals surface area contributed by atoms with Crippen molar-refractivity contribution in [3.8, 4) is 0 Å². The van der Waals surface area contributed by atoms with Crippen LogP contribution in [0.25, 0.3) is 0 Å². The van der Waals surface area contributed by atoms with Gasteiger partial charge in [-0.15, -0.1) is 0 Å². The minimum Gasteiger partial charge on any atom is -2.00 e. The fourth-order valence-electron chi connectivity index (χ4n) is 0. The Balaban J connectivity index is 0. The van der Waals surface area contributed by atoms with E-state index in [0.29, 0.717) is 0 Å². The van der Waals surface area contributed by atoms with Crippen molar-refractivity contribution in [3.05, 3.63) is 0 Å². The molecule has 0 N–H and O–H groups in total. The summed E-state index contributed by atoms with van der Waals surface area (Å²) in [6.07, 6.45) is 0. The Hall–Kier alpha value is 5.83. The summed E-state index contributed by atoms with van der Waals surface area (Å²) in [6.45, 7) is 0. The van der Waals surface area contributed by atoms with E-state index in [1.807, 2.05) is 0 Å². The Morgan fingerprint density at radius 1 is 0.444 bits per heavy atom. The van der Waals surface area contributed by atoms with Crippen LogP contribution in [0, 0.1) is 83.5 Å². The van der Waals surface area contributed by atoms with Gasteiger partial charge in [0.1, 0.15) is 0 Å². The number of hydrogen-bond acceptors (Lipinski definition) is 0. The van der Waals surface area contributed by atoms with Gasteiger partial charge in [-0.25, -0.2) is 0 Å². The molecule has 2 radical (unpaired) electrons. The van der Waals surface area contributed by atoms with E-state index in [1.165, 1.54) is 0 Å². The van der Waals surface area contributed by atoms with Crippen molar-refractivity contribution in [2.24, 2.45) is 0 Å². The maximum atomic E-state index is 0. The van der Waals surface area contributed by atoms with Gasteiger partial charge in [0.05, 0.1) is 0 Å². The van der Waals surface area contributed by atoms with E-state index >= 15 is 0 Å². The maximum Gasteiger partial charge on any atom is 3.00 e. The Kier molecular flexibility index (Phi) is 621. The monoisotopic (exact) mass is 604 g/mol. The van der Waals surface area contributed by atoms with Gasteiger partial charge < -0.3 is 16.4 Å². The molecule has 0 aliphatic rings. The molecule has 0 amide bonds. The van der Waals surface area contributed by atoms with E-state index in [0.717, 1.165) is 0 Å². The first-order valence-electron chi connectivity index (χ1n) is 0. The molecule has 0 saturated carbocycles. The van der Waals surface area contributed by atoms with Gasteiger partial charge in [-0.2, -0.15) is 0 Å². The summed E-state index contributed by atoms with van der Waals surface area (Å²) in [5, 5.41) is 0. The van der Waals surface area contributed by atoms with E-state index in [-0.39, 0.29) is 196 Å². The largest absolute Gasteiger partial charge is 3.00 e. The van der Waals surface area contributed by atoms with Crippen LogP contribution in [0.2, 0.25) is 0 Å². The molecule has 0 rings (SSSR count). The summed E-state index contributed by atoms with van der Waals surface area (Å²) in [5.41, 5.74) is 0. The summed E-state index contributed by atoms with van der Waals surface area (Å²) < 4.78 is 0. The predicted octanol–water partition coefficient (Wildman–Crippen LogP) is -0.366. The summed E-state index contributed by atoms with van der Waals surface area (Å²) in [5.74, 6) is 0. The normalized spacial score (nSPS) is 0. The van der Waals surface area contributed by atoms with Crippen LogP contribution in [0.4, 0.5) is 0 Å². The van der Waals surface area contributed by atoms with Gasteiger partial charge in [0, 0.05) is 95.8 Å². The van der Waals surface area contributed by atoms with Gasteiger partial charge in [0.15, 0.2) is 0 Å². The molecular weight excluding hydrogens is 606 g/mol. The van der Waals surface area contributed by atoms with Gasteiger partial charge in [-0.05, 0) is 0 Å². The zero-order valence-corrected chi connectivity index (χ0v) is 18.5. The molecule has 0 unspecified atom stereocenters. The molecule has 0 aromatic rings. The van der Waals surface area contributed by atoms with E-state index in [9.17, 15) is 0 Å². The second-order valence-corrected chi connectivity index (χ2v) is 0. The second-order valence-electron chi connectivity index (χ2n) is 0. The zero-order chi connectivity index (χ0) is 0. The number of rotatable bonds is 0. The third-order valence-electron chi connectivity index (χ3n) is 0. The molecule has 0 atom stereocenters. The van der Waals surface area contributed by atoms with Crippen molar-refractivity contribution in [3.63, 3.8) is 0 Å². The average Bonchev–Trinajstić information content (AvgIpc) is 0. The molecule has 9 heteroatoms. The quantitative estimate of drug-likeness (QED) is 0.338. The first-order valence-corrected chi connectivity index (χ1v) is 0. The first-order chi connectivity index (χ1) is 0. The molecule has 0 heterocycles. The number of hydrogen-bond donors (Lipinski definition) is 0. The molecule has 3 nitrogen and oxygen atoms in total. The van der Waals surface area contributed by atoms with Crippen LogP contribution in [-0.2, 0) is 112 Å². The second kappa shape index (κ2) is 67.0. The van der Waals surface area contributed by atoms with Crippen LogP contribution in [0.15, 0.2) is 0 Å². The van der Waals surface area contributed by atoms with Crippen molar-refractivity contribution in [2.75, 3.05) is 0 Å². The van der Waals surface area contributed by atoms with Gasteiger partial charge in [-0.3, -0.25) is 0 Å². The van der Waals surface area contributed by atoms with Crippen LogP contribution in [0.3, 0.4) is 0 Å². The van der Waals surface area contributed by atoms with Crippen LogP contribution >= 0.6 is 0 Å². The fraction of sp³-hybridized carbons (Fsp3) is 0. The third-order valence-corrected chi connectivity index (χ3v) is 0. The average molecular weight is 606 g/mol. The molecule has 0 saturated heterocycles. The van der Waals surface area contributed by atoms with E-state index in [2.05, 4.69) is 0 Å². The summed E-state index contributed by atoms with van der Waals surface area (Å²) in [6, 6.07) is 0. The van der Waals surface area contributed by atoms with E-state index in [1.54, 1.807) is 0 Å². The predicted molar refractivity (Wildman–Crippen MR) is 2.06 cm³/mol. The summed E-state index contributed by atoms with van der Waals surface area (Å²) in [7, 11) is 0. The van der Waals surface area contributed by atoms with Crippen LogP contribution in [-0.4, -0.2) is 0 Å². The van der Waals surface area contributed by atoms with Crippen LogP contribution in [0.1, 0.15) is 0 Å². The maximum absolute atomic E-state index is 0. The molecule has 0 aliphatic carbocycles. The van der Waals surface area contributed by atoms with Gasteiger partial charge in [0.2, 0.25) is 0 Å². The van der Waals surface area contributed by atoms with E-state index < -0.39 is 0 Å². The van der Waals surface area contributed by atoms with Crippen molar-refractivity contribution in [1.29, 1.82) is 0 Å². The van der Waals surface area contributed by atoms with Crippen molar-refractivity contribution in [2.45, 2.75) is 0 Å². The molecule has 42 valence electrons. The Morgan fingerprint density at radius 3 is 0.444 bits per heavy atom. The SMILES string of the molecule is [Ce+3].[Ce+3].[O-2].[O-2].[O-2].[Ti].[Ti].[Zr].[Zr]. The molecular formula is Ce2O3Ti2Zr2.